The van der Waals surface area contributed by atoms with Gasteiger partial charge in [0.2, 0.25) is 0 Å². The van der Waals surface area contributed by atoms with Crippen molar-refractivity contribution in [3.63, 3.8) is 0 Å². The Labute approximate surface area is 104 Å². The van der Waals surface area contributed by atoms with E-state index in [-0.39, 0.29) is 22.8 Å². The highest BCUT2D eigenvalue weighted by Gasteiger charge is 2.14. The predicted molar refractivity (Wildman–Crippen MR) is 66.2 cm³/mol. The Morgan fingerprint density at radius 3 is 2.33 bits per heavy atom. The lowest BCUT2D eigenvalue weighted by Crippen LogP contribution is -2.01. The third-order valence-corrected chi connectivity index (χ3v) is 2.58. The Hall–Kier alpha value is -2.49. The van der Waals surface area contributed by atoms with Crippen molar-refractivity contribution in [2.24, 2.45) is 0 Å². The van der Waals surface area contributed by atoms with Crippen LogP contribution in [0.4, 0.5) is 0 Å². The minimum atomic E-state index is -0.356. The van der Waals surface area contributed by atoms with Gasteiger partial charge in [-0.3, -0.25) is 4.79 Å². The van der Waals surface area contributed by atoms with Crippen LogP contribution >= 0.6 is 0 Å². The number of aromatic hydroxyl groups is 2. The summed E-state index contributed by atoms with van der Waals surface area (Å²) in [5.74, 6) is 0.0658. The number of ketones is 1. The average Bonchev–Trinajstić information content (AvgIpc) is 2.41. The van der Waals surface area contributed by atoms with Gasteiger partial charge >= 0.3 is 0 Å². The average molecular weight is 244 g/mol. The molecule has 2 N–H and O–H groups in total. The Balaban J connectivity index is 2.38. The number of methoxy groups -OCH3 is 1. The minimum Gasteiger partial charge on any atom is -0.508 e. The number of phenols is 2. The molecule has 2 aromatic rings. The summed E-state index contributed by atoms with van der Waals surface area (Å²) >= 11 is 0. The highest BCUT2D eigenvalue weighted by molar-refractivity contribution is 6.10. The van der Waals surface area contributed by atoms with Gasteiger partial charge < -0.3 is 14.9 Å². The van der Waals surface area contributed by atoms with Crippen LogP contribution in [0.15, 0.2) is 42.5 Å². The van der Waals surface area contributed by atoms with Gasteiger partial charge in [-0.25, -0.2) is 0 Å². The van der Waals surface area contributed by atoms with Crippen LogP contribution in [-0.4, -0.2) is 23.1 Å². The van der Waals surface area contributed by atoms with Crippen molar-refractivity contribution in [1.29, 1.82) is 0 Å². The molecule has 0 heterocycles. The first-order chi connectivity index (χ1) is 8.61. The van der Waals surface area contributed by atoms with Crippen molar-refractivity contribution in [3.8, 4) is 17.2 Å². The quantitative estimate of drug-likeness (QED) is 0.642. The summed E-state index contributed by atoms with van der Waals surface area (Å²) in [5.41, 5.74) is 0.483. The molecule has 4 nitrogen and oxygen atoms in total. The molecule has 2 aromatic carbocycles. The maximum Gasteiger partial charge on any atom is 0.196 e. The summed E-state index contributed by atoms with van der Waals surface area (Å²) in [6.07, 6.45) is 0. The molecule has 0 saturated heterocycles. The second-order valence-corrected chi connectivity index (χ2v) is 3.76. The van der Waals surface area contributed by atoms with Crippen molar-refractivity contribution in [2.75, 3.05) is 7.11 Å². The zero-order valence-corrected chi connectivity index (χ0v) is 9.75. The molecule has 4 heteroatoms. The zero-order chi connectivity index (χ0) is 13.1. The number of benzene rings is 2. The van der Waals surface area contributed by atoms with Gasteiger partial charge in [0.05, 0.1) is 12.7 Å². The molecule has 0 aliphatic heterocycles. The summed E-state index contributed by atoms with van der Waals surface area (Å²) in [5, 5.41) is 18.9. The van der Waals surface area contributed by atoms with Crippen molar-refractivity contribution in [2.45, 2.75) is 0 Å². The first kappa shape index (κ1) is 12.0. The summed E-state index contributed by atoms with van der Waals surface area (Å²) in [4.78, 5) is 12.1. The van der Waals surface area contributed by atoms with Crippen molar-refractivity contribution >= 4 is 5.78 Å². The maximum absolute atomic E-state index is 12.1. The molecule has 0 atom stereocenters. The van der Waals surface area contributed by atoms with Gasteiger partial charge in [0.25, 0.3) is 0 Å². The van der Waals surface area contributed by atoms with E-state index in [1.807, 2.05) is 0 Å². The highest BCUT2D eigenvalue weighted by Crippen LogP contribution is 2.25. The van der Waals surface area contributed by atoms with Gasteiger partial charge in [0.15, 0.2) is 5.78 Å². The Kier molecular flexibility index (Phi) is 3.19. The van der Waals surface area contributed by atoms with Crippen molar-refractivity contribution in [1.82, 2.24) is 0 Å². The lowest BCUT2D eigenvalue weighted by molar-refractivity contribution is 0.103. The van der Waals surface area contributed by atoms with Gasteiger partial charge in [0.1, 0.15) is 17.2 Å². The summed E-state index contributed by atoms with van der Waals surface area (Å²) < 4.78 is 5.00. The highest BCUT2D eigenvalue weighted by atomic mass is 16.5. The van der Waals surface area contributed by atoms with E-state index in [1.54, 1.807) is 24.3 Å². The van der Waals surface area contributed by atoms with Crippen LogP contribution in [0, 0.1) is 0 Å². The first-order valence-corrected chi connectivity index (χ1v) is 5.32. The number of hydrogen-bond donors (Lipinski definition) is 2. The molecule has 0 aliphatic rings. The molecule has 0 radical (unpaired) electrons. The molecule has 0 unspecified atom stereocenters. The van der Waals surface area contributed by atoms with Crippen LogP contribution in [0.25, 0.3) is 0 Å². The SMILES string of the molecule is COc1ccc(C(=O)c2cc(O)ccc2O)cc1. The van der Waals surface area contributed by atoms with Gasteiger partial charge in [-0.15, -0.1) is 0 Å². The number of carbonyl (C=O) groups is 1. The second-order valence-electron chi connectivity index (χ2n) is 3.76. The Morgan fingerprint density at radius 1 is 1.06 bits per heavy atom. The fourth-order valence-corrected chi connectivity index (χ4v) is 1.60. The number of phenolic OH excluding ortho intramolecular Hbond substituents is 2. The molecule has 0 aliphatic carbocycles. The standard InChI is InChI=1S/C14H12O4/c1-18-11-5-2-9(3-6-11)14(17)12-8-10(15)4-7-13(12)16/h2-8,15-16H,1H3. The molecule has 18 heavy (non-hydrogen) atoms. The maximum atomic E-state index is 12.1. The van der Waals surface area contributed by atoms with Gasteiger partial charge in [-0.2, -0.15) is 0 Å². The van der Waals surface area contributed by atoms with E-state index in [0.29, 0.717) is 11.3 Å². The topological polar surface area (TPSA) is 66.8 Å². The number of ether oxygens (including phenoxy) is 1. The Morgan fingerprint density at radius 2 is 1.72 bits per heavy atom. The molecule has 0 amide bonds. The third-order valence-electron chi connectivity index (χ3n) is 2.58. The van der Waals surface area contributed by atoms with Gasteiger partial charge in [-0.1, -0.05) is 0 Å². The van der Waals surface area contributed by atoms with E-state index in [9.17, 15) is 15.0 Å². The van der Waals surface area contributed by atoms with Crippen LogP contribution in [0.1, 0.15) is 15.9 Å². The molecule has 92 valence electrons. The predicted octanol–water partition coefficient (Wildman–Crippen LogP) is 2.34. The van der Waals surface area contributed by atoms with Crippen LogP contribution in [0.5, 0.6) is 17.2 Å². The van der Waals surface area contributed by atoms with E-state index < -0.39 is 0 Å². The molecule has 0 saturated carbocycles. The van der Waals surface area contributed by atoms with E-state index in [2.05, 4.69) is 0 Å². The minimum absolute atomic E-state index is 0.0651. The van der Waals surface area contributed by atoms with Gasteiger partial charge in [-0.05, 0) is 42.5 Å². The molecular weight excluding hydrogens is 232 g/mol. The summed E-state index contributed by atoms with van der Waals surface area (Å²) in [6.45, 7) is 0. The van der Waals surface area contributed by atoms with Crippen LogP contribution in [-0.2, 0) is 0 Å². The smallest absolute Gasteiger partial charge is 0.196 e. The number of carbonyl (C=O) groups excluding carboxylic acids is 1. The lowest BCUT2D eigenvalue weighted by Gasteiger charge is -2.05. The second kappa shape index (κ2) is 4.79. The first-order valence-electron chi connectivity index (χ1n) is 5.32. The van der Waals surface area contributed by atoms with Crippen LogP contribution in [0.2, 0.25) is 0 Å². The third kappa shape index (κ3) is 2.27. The van der Waals surface area contributed by atoms with Crippen molar-refractivity contribution < 1.29 is 19.7 Å². The lowest BCUT2D eigenvalue weighted by atomic mass is 10.0. The summed E-state index contributed by atoms with van der Waals surface area (Å²) in [6, 6.07) is 10.4. The van der Waals surface area contributed by atoms with Gasteiger partial charge in [0, 0.05) is 5.56 Å². The molecule has 0 aromatic heterocycles. The molecule has 2 rings (SSSR count). The van der Waals surface area contributed by atoms with Crippen molar-refractivity contribution in [3.05, 3.63) is 53.6 Å². The van der Waals surface area contributed by atoms with E-state index in [4.69, 9.17) is 4.74 Å². The zero-order valence-electron chi connectivity index (χ0n) is 9.75. The normalized spacial score (nSPS) is 10.1. The number of hydrogen-bond acceptors (Lipinski definition) is 4. The van der Waals surface area contributed by atoms with E-state index in [0.717, 1.165) is 0 Å². The number of rotatable bonds is 3. The largest absolute Gasteiger partial charge is 0.508 e. The van der Waals surface area contributed by atoms with Crippen LogP contribution in [0.3, 0.4) is 0 Å². The fourth-order valence-electron chi connectivity index (χ4n) is 1.60. The summed E-state index contributed by atoms with van der Waals surface area (Å²) in [7, 11) is 1.54. The van der Waals surface area contributed by atoms with E-state index >= 15 is 0 Å². The van der Waals surface area contributed by atoms with Crippen LogP contribution < -0.4 is 4.74 Å². The fraction of sp³-hybridized carbons (Fsp3) is 0.0714. The molecule has 0 spiro atoms. The molecular formula is C14H12O4. The Bertz CT molecular complexity index is 573. The van der Waals surface area contributed by atoms with E-state index in [1.165, 1.54) is 25.3 Å². The molecule has 0 fully saturated rings. The molecule has 0 bridgehead atoms. The monoisotopic (exact) mass is 244 g/mol.